The molecule has 0 radical (unpaired) electrons. The topological polar surface area (TPSA) is 122 Å². The number of carboxylic acid groups (broad SMARTS) is 1. The fraction of sp³-hybridized carbons (Fsp3) is 0.0769. The Bertz CT molecular complexity index is 1400. The van der Waals surface area contributed by atoms with Crippen LogP contribution in [0.25, 0.3) is 6.08 Å². The number of amides is 4. The molecule has 1 fully saturated rings. The van der Waals surface area contributed by atoms with Crippen LogP contribution in [0.5, 0.6) is 11.5 Å². The summed E-state index contributed by atoms with van der Waals surface area (Å²) >= 11 is 5.99. The van der Waals surface area contributed by atoms with E-state index in [1.54, 1.807) is 42.5 Å². The third kappa shape index (κ3) is 5.21. The second-order valence-electron chi connectivity index (χ2n) is 7.64. The first kappa shape index (κ1) is 24.5. The van der Waals surface area contributed by atoms with E-state index < -0.39 is 23.8 Å². The number of methoxy groups -OCH3 is 1. The van der Waals surface area contributed by atoms with E-state index in [2.05, 4.69) is 5.32 Å². The molecule has 1 aliphatic heterocycles. The zero-order valence-electron chi connectivity index (χ0n) is 18.9. The highest BCUT2D eigenvalue weighted by molar-refractivity contribution is 6.39. The molecular weight excluding hydrogens is 488 g/mol. The van der Waals surface area contributed by atoms with Crippen LogP contribution in [0, 0.1) is 0 Å². The van der Waals surface area contributed by atoms with E-state index in [1.165, 1.54) is 37.5 Å². The normalized spacial score (nSPS) is 14.6. The van der Waals surface area contributed by atoms with Crippen molar-refractivity contribution in [3.05, 3.63) is 94.0 Å². The van der Waals surface area contributed by atoms with Gasteiger partial charge in [0.2, 0.25) is 0 Å². The third-order valence-electron chi connectivity index (χ3n) is 5.26. The van der Waals surface area contributed by atoms with Gasteiger partial charge >= 0.3 is 12.0 Å². The van der Waals surface area contributed by atoms with Gasteiger partial charge in [0.1, 0.15) is 12.2 Å². The second kappa shape index (κ2) is 10.3. The summed E-state index contributed by atoms with van der Waals surface area (Å²) in [5.74, 6) is -1.89. The van der Waals surface area contributed by atoms with Crippen molar-refractivity contribution in [1.29, 1.82) is 0 Å². The minimum atomic E-state index is -1.01. The number of halogens is 1. The molecule has 182 valence electrons. The van der Waals surface area contributed by atoms with Crippen LogP contribution < -0.4 is 19.7 Å². The fourth-order valence-electron chi connectivity index (χ4n) is 3.47. The van der Waals surface area contributed by atoms with Gasteiger partial charge in [-0.3, -0.25) is 14.9 Å². The van der Waals surface area contributed by atoms with Gasteiger partial charge in [-0.15, -0.1) is 0 Å². The third-order valence-corrected chi connectivity index (χ3v) is 5.50. The molecule has 2 N–H and O–H groups in total. The number of anilines is 1. The summed E-state index contributed by atoms with van der Waals surface area (Å²) < 4.78 is 11.2. The maximum atomic E-state index is 13.0. The molecule has 1 heterocycles. The van der Waals surface area contributed by atoms with Crippen LogP contribution >= 0.6 is 11.6 Å². The zero-order chi connectivity index (χ0) is 25.8. The Morgan fingerprint density at radius 2 is 1.78 bits per heavy atom. The number of hydrogen-bond acceptors (Lipinski definition) is 6. The lowest BCUT2D eigenvalue weighted by Gasteiger charge is -2.26. The van der Waals surface area contributed by atoms with Crippen LogP contribution in [-0.2, 0) is 16.2 Å². The summed E-state index contributed by atoms with van der Waals surface area (Å²) in [6.07, 6.45) is 1.35. The van der Waals surface area contributed by atoms with Crippen LogP contribution in [0.2, 0.25) is 5.02 Å². The standard InChI is InChI=1S/C26H19ClN2O7/c1-35-22-12-16(7-10-21(22)36-14-15-5-8-17(9-6-15)25(32)33)11-20-23(30)28-26(34)29(24(20)31)19-4-2-3-18(27)13-19/h2-13H,14H2,1H3,(H,32,33)(H,28,30,34)/b20-11-. The van der Waals surface area contributed by atoms with Crippen molar-refractivity contribution >= 4 is 47.2 Å². The lowest BCUT2D eigenvalue weighted by atomic mass is 10.1. The predicted octanol–water partition coefficient (Wildman–Crippen LogP) is 4.29. The summed E-state index contributed by atoms with van der Waals surface area (Å²) in [6.45, 7) is 0.161. The first-order valence-electron chi connectivity index (χ1n) is 10.6. The van der Waals surface area contributed by atoms with E-state index >= 15 is 0 Å². The molecule has 1 aliphatic rings. The maximum Gasteiger partial charge on any atom is 0.335 e. The van der Waals surface area contributed by atoms with Gasteiger partial charge in [-0.2, -0.15) is 0 Å². The highest BCUT2D eigenvalue weighted by Crippen LogP contribution is 2.31. The molecule has 0 unspecified atom stereocenters. The molecule has 10 heteroatoms. The molecular formula is C26H19ClN2O7. The molecule has 0 bridgehead atoms. The van der Waals surface area contributed by atoms with Gasteiger partial charge in [-0.25, -0.2) is 14.5 Å². The SMILES string of the molecule is COc1cc(/C=C2/C(=O)NC(=O)N(c3cccc(Cl)c3)C2=O)ccc1OCc1ccc(C(=O)O)cc1. The molecule has 0 saturated carbocycles. The number of nitrogens with one attached hydrogen (secondary N) is 1. The van der Waals surface area contributed by atoms with Gasteiger partial charge in [0, 0.05) is 5.02 Å². The van der Waals surface area contributed by atoms with Crippen molar-refractivity contribution < 1.29 is 33.8 Å². The number of imide groups is 2. The summed E-state index contributed by atoms with van der Waals surface area (Å²) in [4.78, 5) is 49.7. The molecule has 1 saturated heterocycles. The number of nitrogens with zero attached hydrogens (tertiary/aromatic N) is 1. The first-order valence-corrected chi connectivity index (χ1v) is 10.9. The molecule has 0 aliphatic carbocycles. The minimum absolute atomic E-state index is 0.161. The molecule has 3 aromatic carbocycles. The summed E-state index contributed by atoms with van der Waals surface area (Å²) in [6, 6.07) is 16.4. The lowest BCUT2D eigenvalue weighted by Crippen LogP contribution is -2.54. The number of ether oxygens (including phenoxy) is 2. The van der Waals surface area contributed by atoms with E-state index in [-0.39, 0.29) is 23.4 Å². The first-order chi connectivity index (χ1) is 17.3. The van der Waals surface area contributed by atoms with Crippen molar-refractivity contribution in [2.45, 2.75) is 6.61 Å². The van der Waals surface area contributed by atoms with Crippen LogP contribution in [0.15, 0.2) is 72.3 Å². The van der Waals surface area contributed by atoms with Crippen molar-refractivity contribution in [3.63, 3.8) is 0 Å². The molecule has 9 nitrogen and oxygen atoms in total. The minimum Gasteiger partial charge on any atom is -0.493 e. The van der Waals surface area contributed by atoms with Gasteiger partial charge in [-0.1, -0.05) is 35.9 Å². The number of carboxylic acids is 1. The highest BCUT2D eigenvalue weighted by Gasteiger charge is 2.36. The molecule has 4 rings (SSSR count). The Labute approximate surface area is 210 Å². The van der Waals surface area contributed by atoms with Gasteiger partial charge in [0.25, 0.3) is 11.8 Å². The summed E-state index contributed by atoms with van der Waals surface area (Å²) in [5.41, 5.74) is 1.36. The van der Waals surface area contributed by atoms with Crippen molar-refractivity contribution in [3.8, 4) is 11.5 Å². The fourth-order valence-corrected chi connectivity index (χ4v) is 3.66. The number of rotatable bonds is 7. The van der Waals surface area contributed by atoms with Gasteiger partial charge in [0.05, 0.1) is 18.4 Å². The van der Waals surface area contributed by atoms with E-state index in [0.29, 0.717) is 22.1 Å². The number of aromatic carboxylic acids is 1. The second-order valence-corrected chi connectivity index (χ2v) is 8.08. The number of benzene rings is 3. The smallest absolute Gasteiger partial charge is 0.335 e. The van der Waals surface area contributed by atoms with E-state index in [0.717, 1.165) is 10.5 Å². The molecule has 3 aromatic rings. The van der Waals surface area contributed by atoms with E-state index in [1.807, 2.05) is 0 Å². The van der Waals surface area contributed by atoms with E-state index in [4.69, 9.17) is 26.2 Å². The average Bonchev–Trinajstić information content (AvgIpc) is 2.85. The Kier molecular flexibility index (Phi) is 7.03. The molecule has 0 spiro atoms. The van der Waals surface area contributed by atoms with Crippen LogP contribution in [0.1, 0.15) is 21.5 Å². The number of carbonyl (C=O) groups excluding carboxylic acids is 3. The Hall–Kier alpha value is -4.63. The Morgan fingerprint density at radius 1 is 1.03 bits per heavy atom. The average molecular weight is 507 g/mol. The molecule has 0 atom stereocenters. The van der Waals surface area contributed by atoms with Crippen LogP contribution in [0.3, 0.4) is 0 Å². The Balaban J connectivity index is 1.56. The maximum absolute atomic E-state index is 13.0. The number of urea groups is 1. The van der Waals surface area contributed by atoms with Gasteiger partial charge in [0.15, 0.2) is 11.5 Å². The van der Waals surface area contributed by atoms with Crippen LogP contribution in [-0.4, -0.2) is 36.0 Å². The number of barbiturate groups is 1. The van der Waals surface area contributed by atoms with Crippen molar-refractivity contribution in [1.82, 2.24) is 5.32 Å². The molecule has 0 aromatic heterocycles. The van der Waals surface area contributed by atoms with Gasteiger partial charge in [-0.05, 0) is 59.7 Å². The van der Waals surface area contributed by atoms with E-state index in [9.17, 15) is 19.2 Å². The van der Waals surface area contributed by atoms with Crippen LogP contribution in [0.4, 0.5) is 10.5 Å². The highest BCUT2D eigenvalue weighted by atomic mass is 35.5. The monoisotopic (exact) mass is 506 g/mol. The largest absolute Gasteiger partial charge is 0.493 e. The van der Waals surface area contributed by atoms with Crippen molar-refractivity contribution in [2.75, 3.05) is 12.0 Å². The zero-order valence-corrected chi connectivity index (χ0v) is 19.6. The quantitative estimate of drug-likeness (QED) is 0.362. The summed E-state index contributed by atoms with van der Waals surface area (Å²) in [7, 11) is 1.44. The Morgan fingerprint density at radius 3 is 2.44 bits per heavy atom. The lowest BCUT2D eigenvalue weighted by molar-refractivity contribution is -0.122. The number of hydrogen-bond donors (Lipinski definition) is 2. The van der Waals surface area contributed by atoms with Crippen molar-refractivity contribution in [2.24, 2.45) is 0 Å². The molecule has 4 amide bonds. The molecule has 36 heavy (non-hydrogen) atoms. The van der Waals surface area contributed by atoms with Gasteiger partial charge < -0.3 is 14.6 Å². The number of carbonyl (C=O) groups is 4. The summed E-state index contributed by atoms with van der Waals surface area (Å²) in [5, 5.41) is 11.5. The predicted molar refractivity (Wildman–Crippen MR) is 131 cm³/mol.